The molecule has 0 atom stereocenters. The maximum absolute atomic E-state index is 12.5. The Morgan fingerprint density at radius 2 is 2.21 bits per heavy atom. The van der Waals surface area contributed by atoms with Crippen LogP contribution in [0.4, 0.5) is 5.82 Å². The Hall–Kier alpha value is -2.86. The highest BCUT2D eigenvalue weighted by Crippen LogP contribution is 2.26. The second-order valence-electron chi connectivity index (χ2n) is 5.30. The molecule has 9 heteroatoms. The van der Waals surface area contributed by atoms with Crippen molar-refractivity contribution in [3.63, 3.8) is 0 Å². The molecule has 0 saturated heterocycles. The third-order valence-corrected chi connectivity index (χ3v) is 5.09. The summed E-state index contributed by atoms with van der Waals surface area (Å²) in [4.78, 5) is 18.1. The van der Waals surface area contributed by atoms with Crippen LogP contribution in [0, 0.1) is 11.3 Å². The molecule has 0 aliphatic heterocycles. The van der Waals surface area contributed by atoms with Gasteiger partial charge in [0, 0.05) is 11.9 Å². The van der Waals surface area contributed by atoms with Gasteiger partial charge in [-0.3, -0.25) is 4.72 Å². The third kappa shape index (κ3) is 2.83. The second-order valence-corrected chi connectivity index (χ2v) is 6.98. The number of pyridine rings is 1. The predicted molar refractivity (Wildman–Crippen MR) is 83.9 cm³/mol. The Bertz CT molecular complexity index is 956. The van der Waals surface area contributed by atoms with Crippen molar-refractivity contribution in [3.05, 3.63) is 40.8 Å². The second kappa shape index (κ2) is 5.98. The number of ether oxygens (including phenoxy) is 1. The highest BCUT2D eigenvalue weighted by atomic mass is 32.2. The number of nitrogens with zero attached hydrogens (tertiary/aromatic N) is 2. The van der Waals surface area contributed by atoms with Crippen molar-refractivity contribution in [2.75, 3.05) is 11.8 Å². The van der Waals surface area contributed by atoms with Crippen LogP contribution in [0.2, 0.25) is 0 Å². The highest BCUT2D eigenvalue weighted by Gasteiger charge is 2.23. The van der Waals surface area contributed by atoms with E-state index >= 15 is 0 Å². The Labute approximate surface area is 138 Å². The van der Waals surface area contributed by atoms with Gasteiger partial charge in [0.1, 0.15) is 16.7 Å². The summed E-state index contributed by atoms with van der Waals surface area (Å²) >= 11 is 0. The number of hydrogen-bond acceptors (Lipinski definition) is 6. The van der Waals surface area contributed by atoms with Crippen LogP contribution in [0.1, 0.15) is 33.7 Å². The molecule has 2 aromatic heterocycles. The lowest BCUT2D eigenvalue weighted by Gasteiger charge is -2.09. The SMILES string of the molecule is COC(=O)c1cc(S(=O)(=O)Nc2nc3c(cc2C#N)CCC3)c[nH]1. The van der Waals surface area contributed by atoms with E-state index in [1.807, 2.05) is 6.07 Å². The maximum atomic E-state index is 12.5. The number of hydrogen-bond donors (Lipinski definition) is 2. The fraction of sp³-hybridized carbons (Fsp3) is 0.267. The first-order valence-electron chi connectivity index (χ1n) is 7.17. The van der Waals surface area contributed by atoms with Crippen molar-refractivity contribution in [2.24, 2.45) is 0 Å². The number of methoxy groups -OCH3 is 1. The molecule has 0 spiro atoms. The summed E-state index contributed by atoms with van der Waals surface area (Å²) in [6.45, 7) is 0. The molecule has 24 heavy (non-hydrogen) atoms. The molecule has 2 N–H and O–H groups in total. The van der Waals surface area contributed by atoms with E-state index < -0.39 is 16.0 Å². The van der Waals surface area contributed by atoms with Gasteiger partial charge in [0.2, 0.25) is 0 Å². The largest absolute Gasteiger partial charge is 0.464 e. The van der Waals surface area contributed by atoms with Crippen molar-refractivity contribution in [1.29, 1.82) is 5.26 Å². The van der Waals surface area contributed by atoms with Crippen LogP contribution >= 0.6 is 0 Å². The van der Waals surface area contributed by atoms with Gasteiger partial charge in [0.15, 0.2) is 5.82 Å². The molecule has 2 heterocycles. The van der Waals surface area contributed by atoms with E-state index in [-0.39, 0.29) is 22.0 Å². The number of nitrogens with one attached hydrogen (secondary N) is 2. The Kier molecular flexibility index (Phi) is 3.99. The minimum atomic E-state index is -3.99. The van der Waals surface area contributed by atoms with E-state index in [0.717, 1.165) is 36.6 Å². The van der Waals surface area contributed by atoms with Crippen molar-refractivity contribution < 1.29 is 17.9 Å². The molecular weight excluding hydrogens is 332 g/mol. The number of anilines is 1. The molecular formula is C15H14N4O4S. The summed E-state index contributed by atoms with van der Waals surface area (Å²) < 4.78 is 31.8. The van der Waals surface area contributed by atoms with Crippen LogP contribution in [-0.4, -0.2) is 31.5 Å². The number of carbonyl (C=O) groups excluding carboxylic acids is 1. The third-order valence-electron chi connectivity index (χ3n) is 3.77. The lowest BCUT2D eigenvalue weighted by atomic mass is 10.1. The van der Waals surface area contributed by atoms with Gasteiger partial charge in [0.05, 0.1) is 12.7 Å². The molecule has 1 aliphatic rings. The molecule has 0 saturated carbocycles. The van der Waals surface area contributed by atoms with E-state index in [0.29, 0.717) is 0 Å². The fourth-order valence-electron chi connectivity index (χ4n) is 2.58. The average molecular weight is 346 g/mol. The molecule has 0 amide bonds. The lowest BCUT2D eigenvalue weighted by molar-refractivity contribution is 0.0594. The van der Waals surface area contributed by atoms with Crippen LogP contribution in [0.5, 0.6) is 0 Å². The van der Waals surface area contributed by atoms with Crippen LogP contribution in [0.15, 0.2) is 23.2 Å². The van der Waals surface area contributed by atoms with E-state index in [1.165, 1.54) is 13.3 Å². The van der Waals surface area contributed by atoms with Gasteiger partial charge >= 0.3 is 5.97 Å². The quantitative estimate of drug-likeness (QED) is 0.805. The Balaban J connectivity index is 1.94. The molecule has 0 unspecified atom stereocenters. The monoisotopic (exact) mass is 346 g/mol. The van der Waals surface area contributed by atoms with Gasteiger partial charge < -0.3 is 9.72 Å². The van der Waals surface area contributed by atoms with Crippen LogP contribution in [0.25, 0.3) is 0 Å². The van der Waals surface area contributed by atoms with Crippen LogP contribution < -0.4 is 4.72 Å². The van der Waals surface area contributed by atoms with E-state index in [9.17, 15) is 18.5 Å². The number of aromatic amines is 1. The number of sulfonamides is 1. The van der Waals surface area contributed by atoms with Crippen LogP contribution in [-0.2, 0) is 27.6 Å². The zero-order valence-electron chi connectivity index (χ0n) is 12.8. The number of esters is 1. The van der Waals surface area contributed by atoms with Gasteiger partial charge in [-0.1, -0.05) is 0 Å². The number of nitriles is 1. The number of H-pyrrole nitrogens is 1. The molecule has 0 fully saturated rings. The van der Waals surface area contributed by atoms with Crippen molar-refractivity contribution >= 4 is 21.8 Å². The number of aryl methyl sites for hydroxylation is 2. The molecule has 8 nitrogen and oxygen atoms in total. The number of rotatable bonds is 4. The van der Waals surface area contributed by atoms with Crippen molar-refractivity contribution in [3.8, 4) is 6.07 Å². The molecule has 3 rings (SSSR count). The van der Waals surface area contributed by atoms with Crippen molar-refractivity contribution in [1.82, 2.24) is 9.97 Å². The van der Waals surface area contributed by atoms with E-state index in [4.69, 9.17) is 0 Å². The lowest BCUT2D eigenvalue weighted by Crippen LogP contribution is -2.15. The first kappa shape index (κ1) is 16.0. The molecule has 1 aliphatic carbocycles. The fourth-order valence-corrected chi connectivity index (χ4v) is 3.59. The number of carbonyl (C=O) groups is 1. The summed E-state index contributed by atoms with van der Waals surface area (Å²) in [6, 6.07) is 4.79. The van der Waals surface area contributed by atoms with E-state index in [1.54, 1.807) is 6.07 Å². The number of fused-ring (bicyclic) bond motifs is 1. The standard InChI is InChI=1S/C15H14N4O4S/c1-23-15(20)13-6-11(8-17-13)24(21,22)19-14-10(7-16)5-9-3-2-4-12(9)18-14/h5-6,8,17H,2-4H2,1H3,(H,18,19). The van der Waals surface area contributed by atoms with Gasteiger partial charge in [0.25, 0.3) is 10.0 Å². The van der Waals surface area contributed by atoms with Crippen LogP contribution in [0.3, 0.4) is 0 Å². The first-order chi connectivity index (χ1) is 11.4. The predicted octanol–water partition coefficient (Wildman–Crippen LogP) is 1.36. The Morgan fingerprint density at radius 1 is 1.42 bits per heavy atom. The van der Waals surface area contributed by atoms with Crippen molar-refractivity contribution in [2.45, 2.75) is 24.2 Å². The number of aromatic nitrogens is 2. The summed E-state index contributed by atoms with van der Waals surface area (Å²) in [7, 11) is -2.79. The summed E-state index contributed by atoms with van der Waals surface area (Å²) in [5, 5.41) is 9.23. The first-order valence-corrected chi connectivity index (χ1v) is 8.65. The summed E-state index contributed by atoms with van der Waals surface area (Å²) in [6.07, 6.45) is 3.70. The minimum Gasteiger partial charge on any atom is -0.464 e. The summed E-state index contributed by atoms with van der Waals surface area (Å²) in [5.74, 6) is -0.677. The molecule has 0 bridgehead atoms. The smallest absolute Gasteiger partial charge is 0.354 e. The van der Waals surface area contributed by atoms with E-state index in [2.05, 4.69) is 19.4 Å². The zero-order chi connectivity index (χ0) is 17.3. The minimum absolute atomic E-state index is 0.000956. The zero-order valence-corrected chi connectivity index (χ0v) is 13.6. The maximum Gasteiger partial charge on any atom is 0.354 e. The van der Waals surface area contributed by atoms with Gasteiger partial charge in [-0.25, -0.2) is 18.2 Å². The average Bonchev–Trinajstić information content (AvgIpc) is 3.22. The Morgan fingerprint density at radius 3 is 2.92 bits per heavy atom. The topological polar surface area (TPSA) is 125 Å². The molecule has 124 valence electrons. The molecule has 2 aromatic rings. The molecule has 0 radical (unpaired) electrons. The molecule has 0 aromatic carbocycles. The normalized spacial score (nSPS) is 13.2. The highest BCUT2D eigenvalue weighted by molar-refractivity contribution is 7.92. The van der Waals surface area contributed by atoms with Gasteiger partial charge in [-0.05, 0) is 37.0 Å². The summed E-state index contributed by atoms with van der Waals surface area (Å²) in [5.41, 5.74) is 1.96. The van der Waals surface area contributed by atoms with Gasteiger partial charge in [-0.15, -0.1) is 0 Å². The van der Waals surface area contributed by atoms with Gasteiger partial charge in [-0.2, -0.15) is 5.26 Å².